The lowest BCUT2D eigenvalue weighted by Crippen LogP contribution is -2.32. The molecule has 0 saturated carbocycles. The SMILES string of the molecule is Nn1c(SCC(=O)N(Cc2ccco2)C2=CCCCC2)nnc1-c1ccco1. The van der Waals surface area contributed by atoms with Gasteiger partial charge in [-0.1, -0.05) is 17.8 Å². The first kappa shape index (κ1) is 18.4. The Morgan fingerprint density at radius 1 is 1.21 bits per heavy atom. The Morgan fingerprint density at radius 3 is 2.79 bits per heavy atom. The van der Waals surface area contributed by atoms with Gasteiger partial charge in [0.2, 0.25) is 16.9 Å². The molecule has 8 nitrogen and oxygen atoms in total. The molecule has 1 aliphatic rings. The number of thioether (sulfide) groups is 1. The van der Waals surface area contributed by atoms with Gasteiger partial charge in [0.05, 0.1) is 24.8 Å². The summed E-state index contributed by atoms with van der Waals surface area (Å²) in [6.45, 7) is 0.422. The Balaban J connectivity index is 1.46. The fourth-order valence-corrected chi connectivity index (χ4v) is 3.86. The van der Waals surface area contributed by atoms with Gasteiger partial charge in [-0.15, -0.1) is 10.2 Å². The molecule has 3 aromatic rings. The zero-order chi connectivity index (χ0) is 19.3. The topological polar surface area (TPSA) is 103 Å². The molecule has 28 heavy (non-hydrogen) atoms. The van der Waals surface area contributed by atoms with Gasteiger partial charge in [0, 0.05) is 5.70 Å². The summed E-state index contributed by atoms with van der Waals surface area (Å²) in [6, 6.07) is 7.22. The van der Waals surface area contributed by atoms with E-state index >= 15 is 0 Å². The highest BCUT2D eigenvalue weighted by Crippen LogP contribution is 2.26. The molecule has 3 aromatic heterocycles. The van der Waals surface area contributed by atoms with E-state index in [0.29, 0.717) is 23.3 Å². The van der Waals surface area contributed by atoms with Crippen LogP contribution in [0.3, 0.4) is 0 Å². The van der Waals surface area contributed by atoms with Crippen molar-refractivity contribution in [3.05, 3.63) is 54.3 Å². The van der Waals surface area contributed by atoms with E-state index in [9.17, 15) is 4.79 Å². The van der Waals surface area contributed by atoms with Crippen LogP contribution in [-0.4, -0.2) is 31.4 Å². The third-order valence-corrected chi connectivity index (χ3v) is 5.47. The highest BCUT2D eigenvalue weighted by atomic mass is 32.2. The van der Waals surface area contributed by atoms with Gasteiger partial charge in [-0.2, -0.15) is 0 Å². The fraction of sp³-hybridized carbons (Fsp3) is 0.316. The van der Waals surface area contributed by atoms with Gasteiger partial charge in [0.25, 0.3) is 0 Å². The first-order valence-corrected chi connectivity index (χ1v) is 10.1. The summed E-state index contributed by atoms with van der Waals surface area (Å²) in [5.41, 5.74) is 1.05. The molecule has 0 radical (unpaired) electrons. The molecule has 0 aliphatic heterocycles. The predicted molar refractivity (Wildman–Crippen MR) is 104 cm³/mol. The normalized spacial score (nSPS) is 14.1. The minimum absolute atomic E-state index is 0.0166. The number of carbonyl (C=O) groups is 1. The summed E-state index contributed by atoms with van der Waals surface area (Å²) >= 11 is 1.25. The van der Waals surface area contributed by atoms with Crippen LogP contribution in [0, 0.1) is 0 Å². The van der Waals surface area contributed by atoms with Crippen LogP contribution in [0.1, 0.15) is 31.4 Å². The molecule has 0 unspecified atom stereocenters. The highest BCUT2D eigenvalue weighted by molar-refractivity contribution is 7.99. The summed E-state index contributed by atoms with van der Waals surface area (Å²) in [7, 11) is 0. The van der Waals surface area contributed by atoms with E-state index in [0.717, 1.165) is 37.1 Å². The number of aromatic nitrogens is 3. The van der Waals surface area contributed by atoms with Crippen LogP contribution in [-0.2, 0) is 11.3 Å². The van der Waals surface area contributed by atoms with Crippen molar-refractivity contribution in [3.8, 4) is 11.6 Å². The van der Waals surface area contributed by atoms with E-state index in [-0.39, 0.29) is 11.7 Å². The second kappa shape index (κ2) is 8.39. The first-order chi connectivity index (χ1) is 13.7. The molecule has 2 N–H and O–H groups in total. The molecule has 9 heteroatoms. The maximum atomic E-state index is 13.0. The van der Waals surface area contributed by atoms with E-state index in [1.807, 2.05) is 12.1 Å². The third-order valence-electron chi connectivity index (χ3n) is 4.54. The Morgan fingerprint density at radius 2 is 2.07 bits per heavy atom. The Bertz CT molecular complexity index is 947. The van der Waals surface area contributed by atoms with Crippen LogP contribution in [0.2, 0.25) is 0 Å². The largest absolute Gasteiger partial charge is 0.467 e. The number of carbonyl (C=O) groups excluding carboxylic acids is 1. The van der Waals surface area contributed by atoms with Crippen LogP contribution in [0.5, 0.6) is 0 Å². The number of furan rings is 2. The second-order valence-corrected chi connectivity index (χ2v) is 7.39. The Labute approximate surface area is 166 Å². The number of allylic oxidation sites excluding steroid dienone is 2. The van der Waals surface area contributed by atoms with Crippen LogP contribution >= 0.6 is 11.8 Å². The minimum atomic E-state index is -0.0166. The van der Waals surface area contributed by atoms with Crippen LogP contribution in [0.25, 0.3) is 11.6 Å². The quantitative estimate of drug-likeness (QED) is 0.479. The van der Waals surface area contributed by atoms with Gasteiger partial charge < -0.3 is 19.6 Å². The smallest absolute Gasteiger partial charge is 0.237 e. The summed E-state index contributed by atoms with van der Waals surface area (Å²) in [4.78, 5) is 14.8. The van der Waals surface area contributed by atoms with Crippen molar-refractivity contribution >= 4 is 17.7 Å². The second-order valence-electron chi connectivity index (χ2n) is 6.44. The standard InChI is InChI=1S/C19H21N5O3S/c20-24-18(16-9-5-11-27-16)21-22-19(24)28-13-17(25)23(12-15-8-4-10-26-15)14-6-2-1-3-7-14/h4-6,8-11H,1-3,7,12-13,20H2. The summed E-state index contributed by atoms with van der Waals surface area (Å²) in [5.74, 6) is 7.96. The number of nitrogen functional groups attached to an aromatic ring is 1. The van der Waals surface area contributed by atoms with Crippen molar-refractivity contribution in [1.29, 1.82) is 0 Å². The van der Waals surface area contributed by atoms with Crippen molar-refractivity contribution < 1.29 is 13.6 Å². The Kier molecular flexibility index (Phi) is 5.52. The molecule has 0 atom stereocenters. The fourth-order valence-electron chi connectivity index (χ4n) is 3.13. The molecule has 0 bridgehead atoms. The van der Waals surface area contributed by atoms with Crippen LogP contribution < -0.4 is 5.84 Å². The van der Waals surface area contributed by atoms with Crippen molar-refractivity contribution in [2.45, 2.75) is 37.4 Å². The van der Waals surface area contributed by atoms with Crippen molar-refractivity contribution in [2.24, 2.45) is 0 Å². The van der Waals surface area contributed by atoms with E-state index in [1.165, 1.54) is 16.4 Å². The molecule has 0 fully saturated rings. The molecular formula is C19H21N5O3S. The van der Waals surface area contributed by atoms with Gasteiger partial charge >= 0.3 is 0 Å². The lowest BCUT2D eigenvalue weighted by Gasteiger charge is -2.27. The molecule has 0 spiro atoms. The predicted octanol–water partition coefficient (Wildman–Crippen LogP) is 3.42. The number of amides is 1. The van der Waals surface area contributed by atoms with Crippen LogP contribution in [0.4, 0.5) is 0 Å². The van der Waals surface area contributed by atoms with E-state index in [4.69, 9.17) is 14.7 Å². The van der Waals surface area contributed by atoms with Crippen LogP contribution in [0.15, 0.2) is 62.6 Å². The molecular weight excluding hydrogens is 378 g/mol. The lowest BCUT2D eigenvalue weighted by atomic mass is 10.0. The molecule has 4 rings (SSSR count). The highest BCUT2D eigenvalue weighted by Gasteiger charge is 2.22. The average molecular weight is 399 g/mol. The summed E-state index contributed by atoms with van der Waals surface area (Å²) in [6.07, 6.45) is 9.45. The van der Waals surface area contributed by atoms with Crippen molar-refractivity contribution in [2.75, 3.05) is 11.6 Å². The first-order valence-electron chi connectivity index (χ1n) is 9.11. The van der Waals surface area contributed by atoms with E-state index in [2.05, 4.69) is 16.3 Å². The van der Waals surface area contributed by atoms with Gasteiger partial charge in [0.1, 0.15) is 5.76 Å². The van der Waals surface area contributed by atoms with Crippen molar-refractivity contribution in [1.82, 2.24) is 19.8 Å². The zero-order valence-electron chi connectivity index (χ0n) is 15.3. The molecule has 3 heterocycles. The van der Waals surface area contributed by atoms with Gasteiger partial charge in [-0.05, 0) is 49.9 Å². The average Bonchev–Trinajstić information content (AvgIpc) is 3.47. The summed E-state index contributed by atoms with van der Waals surface area (Å²) in [5, 5.41) is 8.59. The number of hydrogen-bond donors (Lipinski definition) is 1. The number of rotatable bonds is 7. The number of hydrogen-bond acceptors (Lipinski definition) is 7. The lowest BCUT2D eigenvalue weighted by molar-refractivity contribution is -0.127. The molecule has 1 aliphatic carbocycles. The number of nitrogens with two attached hydrogens (primary N) is 1. The zero-order valence-corrected chi connectivity index (χ0v) is 16.1. The molecule has 0 aromatic carbocycles. The minimum Gasteiger partial charge on any atom is -0.467 e. The number of nitrogens with zero attached hydrogens (tertiary/aromatic N) is 4. The van der Waals surface area contributed by atoms with Gasteiger partial charge in [-0.3, -0.25) is 4.79 Å². The van der Waals surface area contributed by atoms with E-state index < -0.39 is 0 Å². The molecule has 0 saturated heterocycles. The monoisotopic (exact) mass is 399 g/mol. The summed E-state index contributed by atoms with van der Waals surface area (Å²) < 4.78 is 12.1. The molecule has 146 valence electrons. The maximum absolute atomic E-state index is 13.0. The van der Waals surface area contributed by atoms with E-state index in [1.54, 1.807) is 29.6 Å². The molecule has 1 amide bonds. The maximum Gasteiger partial charge on any atom is 0.237 e. The Hall–Kier alpha value is -2.94. The van der Waals surface area contributed by atoms with Gasteiger partial charge in [0.15, 0.2) is 5.76 Å². The van der Waals surface area contributed by atoms with Crippen molar-refractivity contribution in [3.63, 3.8) is 0 Å². The third kappa shape index (κ3) is 3.99. The van der Waals surface area contributed by atoms with Gasteiger partial charge in [-0.25, -0.2) is 4.68 Å².